The lowest BCUT2D eigenvalue weighted by Gasteiger charge is -2.28. The first-order chi connectivity index (χ1) is 12.6. The van der Waals surface area contributed by atoms with Crippen LogP contribution in [-0.2, 0) is 9.59 Å². The molecule has 3 aliphatic rings. The van der Waals surface area contributed by atoms with Gasteiger partial charge in [0.1, 0.15) is 0 Å². The van der Waals surface area contributed by atoms with Crippen molar-refractivity contribution in [1.29, 1.82) is 0 Å². The van der Waals surface area contributed by atoms with Gasteiger partial charge < -0.3 is 16.0 Å². The van der Waals surface area contributed by atoms with Crippen LogP contribution in [0.25, 0.3) is 0 Å². The second-order valence-electron chi connectivity index (χ2n) is 7.78. The molecule has 3 N–H and O–H groups in total. The Labute approximate surface area is 166 Å². The fraction of sp³-hybridized carbons (Fsp3) is 0.722. The monoisotopic (exact) mass is 440 g/mol. The van der Waals surface area contributed by atoms with Gasteiger partial charge in [0.15, 0.2) is 5.13 Å². The van der Waals surface area contributed by atoms with E-state index in [1.54, 1.807) is 6.20 Å². The van der Waals surface area contributed by atoms with Gasteiger partial charge in [0.05, 0.1) is 21.8 Å². The maximum Gasteiger partial charge on any atom is 0.230 e. The summed E-state index contributed by atoms with van der Waals surface area (Å²) in [5, 5.41) is 9.74. The number of thiazole rings is 1. The van der Waals surface area contributed by atoms with Crippen LogP contribution in [0.15, 0.2) is 9.98 Å². The summed E-state index contributed by atoms with van der Waals surface area (Å²) in [6.45, 7) is 1.54. The van der Waals surface area contributed by atoms with Gasteiger partial charge in [-0.05, 0) is 78.9 Å². The molecular weight excluding hydrogens is 416 g/mol. The van der Waals surface area contributed by atoms with Crippen molar-refractivity contribution in [2.24, 2.45) is 29.1 Å². The van der Waals surface area contributed by atoms with Crippen molar-refractivity contribution in [3.8, 4) is 0 Å². The third-order valence-electron chi connectivity index (χ3n) is 6.56. The minimum absolute atomic E-state index is 0.0271. The Morgan fingerprint density at radius 2 is 1.92 bits per heavy atom. The van der Waals surface area contributed by atoms with Gasteiger partial charge in [-0.2, -0.15) is 0 Å². The molecule has 3 saturated carbocycles. The molecule has 142 valence electrons. The maximum atomic E-state index is 13.1. The van der Waals surface area contributed by atoms with Crippen LogP contribution in [-0.4, -0.2) is 36.9 Å². The van der Waals surface area contributed by atoms with E-state index in [0.29, 0.717) is 23.5 Å². The minimum atomic E-state index is -0.219. The molecule has 0 aromatic carbocycles. The molecular formula is C18H25BrN4O2S. The fourth-order valence-corrected chi connectivity index (χ4v) is 6.57. The van der Waals surface area contributed by atoms with Crippen LogP contribution < -0.4 is 16.0 Å². The number of halogens is 1. The second-order valence-corrected chi connectivity index (χ2v) is 10.2. The van der Waals surface area contributed by atoms with Crippen LogP contribution in [0.4, 0.5) is 5.13 Å². The molecule has 4 rings (SSSR count). The number of carbonyl (C=O) groups is 2. The highest BCUT2D eigenvalue weighted by molar-refractivity contribution is 9.11. The highest BCUT2D eigenvalue weighted by Crippen LogP contribution is 2.74. The smallest absolute Gasteiger partial charge is 0.230 e. The van der Waals surface area contributed by atoms with E-state index in [1.165, 1.54) is 24.2 Å². The van der Waals surface area contributed by atoms with E-state index in [0.717, 1.165) is 29.6 Å². The number of anilines is 1. The van der Waals surface area contributed by atoms with Crippen molar-refractivity contribution in [2.75, 3.05) is 25.5 Å². The summed E-state index contributed by atoms with van der Waals surface area (Å²) in [6, 6.07) is 0. The summed E-state index contributed by atoms with van der Waals surface area (Å²) in [7, 11) is 1.91. The summed E-state index contributed by atoms with van der Waals surface area (Å²) >= 11 is 4.78. The van der Waals surface area contributed by atoms with Crippen LogP contribution >= 0.6 is 27.3 Å². The summed E-state index contributed by atoms with van der Waals surface area (Å²) in [5.41, 5.74) is 0.262. The summed E-state index contributed by atoms with van der Waals surface area (Å²) < 4.78 is 0.887. The fourth-order valence-electron chi connectivity index (χ4n) is 5.46. The van der Waals surface area contributed by atoms with Crippen LogP contribution in [0.3, 0.4) is 0 Å². The molecule has 4 atom stereocenters. The van der Waals surface area contributed by atoms with Gasteiger partial charge in [-0.3, -0.25) is 9.59 Å². The zero-order valence-corrected chi connectivity index (χ0v) is 17.3. The first-order valence-electron chi connectivity index (χ1n) is 9.41. The lowest BCUT2D eigenvalue weighted by Crippen LogP contribution is -2.43. The number of hydrogen-bond donors (Lipinski definition) is 3. The normalized spacial score (nSPS) is 30.5. The Bertz CT molecular complexity index is 705. The van der Waals surface area contributed by atoms with Crippen LogP contribution in [0, 0.1) is 29.1 Å². The maximum absolute atomic E-state index is 13.1. The number of carbonyl (C=O) groups excluding carboxylic acids is 2. The van der Waals surface area contributed by atoms with Gasteiger partial charge in [0.2, 0.25) is 11.8 Å². The molecule has 0 radical (unpaired) electrons. The Balaban J connectivity index is 1.49. The van der Waals surface area contributed by atoms with Crippen LogP contribution in [0.5, 0.6) is 0 Å². The molecule has 1 aromatic heterocycles. The first kappa shape index (κ1) is 18.4. The van der Waals surface area contributed by atoms with E-state index < -0.39 is 0 Å². The lowest BCUT2D eigenvalue weighted by molar-refractivity contribution is -0.134. The third-order valence-corrected chi connectivity index (χ3v) is 7.95. The zero-order chi connectivity index (χ0) is 18.3. The van der Waals surface area contributed by atoms with Crippen LogP contribution in [0.1, 0.15) is 32.1 Å². The minimum Gasteiger partial charge on any atom is -0.356 e. The van der Waals surface area contributed by atoms with Crippen molar-refractivity contribution >= 4 is 44.2 Å². The quantitative estimate of drug-likeness (QED) is 0.569. The summed E-state index contributed by atoms with van der Waals surface area (Å²) in [6.07, 6.45) is 7.12. The molecule has 1 aromatic rings. The highest BCUT2D eigenvalue weighted by atomic mass is 79.9. The standard InChI is InChI=1S/C18H25BrN4O2S/c1-20-7-2-8-21-15(24)13-10-3-4-11(18(10)5-6-18)14(13)16(25)23-17-22-9-12(19)26-17/h9-11,13-14,20H,2-8H2,1H3,(H,21,24)(H,22,23,25)/t10-,11+,13-,14-/m1/s1. The largest absolute Gasteiger partial charge is 0.356 e. The highest BCUT2D eigenvalue weighted by Gasteiger charge is 2.71. The Morgan fingerprint density at radius 1 is 1.23 bits per heavy atom. The predicted molar refractivity (Wildman–Crippen MR) is 105 cm³/mol. The van der Waals surface area contributed by atoms with Gasteiger partial charge >= 0.3 is 0 Å². The molecule has 0 saturated heterocycles. The molecule has 2 amide bonds. The Morgan fingerprint density at radius 3 is 2.50 bits per heavy atom. The molecule has 0 aliphatic heterocycles. The van der Waals surface area contributed by atoms with Crippen molar-refractivity contribution in [2.45, 2.75) is 32.1 Å². The van der Waals surface area contributed by atoms with E-state index in [2.05, 4.69) is 36.9 Å². The van der Waals surface area contributed by atoms with Gasteiger partial charge in [-0.1, -0.05) is 11.3 Å². The number of amides is 2. The molecule has 1 heterocycles. The molecule has 3 aliphatic carbocycles. The number of nitrogens with one attached hydrogen (secondary N) is 3. The van der Waals surface area contributed by atoms with E-state index in [4.69, 9.17) is 0 Å². The molecule has 2 bridgehead atoms. The molecule has 26 heavy (non-hydrogen) atoms. The molecule has 0 unspecified atom stereocenters. The molecule has 6 nitrogen and oxygen atoms in total. The van der Waals surface area contributed by atoms with E-state index in [9.17, 15) is 9.59 Å². The van der Waals surface area contributed by atoms with Gasteiger partial charge in [-0.25, -0.2) is 4.98 Å². The Hall–Kier alpha value is -0.990. The Kier molecular flexibility index (Phi) is 5.09. The lowest BCUT2D eigenvalue weighted by atomic mass is 9.78. The van der Waals surface area contributed by atoms with Gasteiger partial charge in [-0.15, -0.1) is 0 Å². The summed E-state index contributed by atoms with van der Waals surface area (Å²) in [5.74, 6) is 0.359. The number of rotatable bonds is 7. The second kappa shape index (κ2) is 7.20. The molecule has 8 heteroatoms. The zero-order valence-electron chi connectivity index (χ0n) is 14.9. The number of nitrogens with zero attached hydrogens (tertiary/aromatic N) is 1. The average molecular weight is 441 g/mol. The molecule has 1 spiro atoms. The number of hydrogen-bond acceptors (Lipinski definition) is 5. The van der Waals surface area contributed by atoms with Gasteiger partial charge in [0.25, 0.3) is 0 Å². The van der Waals surface area contributed by atoms with Crippen molar-refractivity contribution in [3.05, 3.63) is 9.98 Å². The van der Waals surface area contributed by atoms with Crippen molar-refractivity contribution < 1.29 is 9.59 Å². The van der Waals surface area contributed by atoms with E-state index in [1.807, 2.05) is 7.05 Å². The summed E-state index contributed by atoms with van der Waals surface area (Å²) in [4.78, 5) is 30.2. The first-order valence-corrected chi connectivity index (χ1v) is 11.0. The van der Waals surface area contributed by atoms with Crippen LogP contribution in [0.2, 0.25) is 0 Å². The predicted octanol–water partition coefficient (Wildman–Crippen LogP) is 2.62. The SMILES string of the molecule is CNCCCNC(=O)[C@H]1[C@H](C(=O)Nc2ncc(Br)s2)[C@@H]2CC[C@H]1C21CC1. The van der Waals surface area contributed by atoms with Crippen molar-refractivity contribution in [1.82, 2.24) is 15.6 Å². The van der Waals surface area contributed by atoms with E-state index >= 15 is 0 Å². The number of aromatic nitrogens is 1. The third kappa shape index (κ3) is 3.10. The average Bonchev–Trinajstić information content (AvgIpc) is 3.12. The molecule has 3 fully saturated rings. The van der Waals surface area contributed by atoms with Crippen molar-refractivity contribution in [3.63, 3.8) is 0 Å². The van der Waals surface area contributed by atoms with E-state index in [-0.39, 0.29) is 29.1 Å². The van der Waals surface area contributed by atoms with Gasteiger partial charge in [0, 0.05) is 6.54 Å². The topological polar surface area (TPSA) is 83.1 Å².